The summed E-state index contributed by atoms with van der Waals surface area (Å²) in [4.78, 5) is 34.4. The molecule has 0 bridgehead atoms. The molecule has 1 aromatic heterocycles. The first-order valence-electron chi connectivity index (χ1n) is 10.6. The predicted octanol–water partition coefficient (Wildman–Crippen LogP) is 4.47. The van der Waals surface area contributed by atoms with E-state index in [9.17, 15) is 22.8 Å². The second-order valence-electron chi connectivity index (χ2n) is 8.69. The number of amides is 1. The summed E-state index contributed by atoms with van der Waals surface area (Å²) in [6, 6.07) is 4.95. The Kier molecular flexibility index (Phi) is 6.86. The molecule has 3 rings (SSSR count). The van der Waals surface area contributed by atoms with E-state index in [0.717, 1.165) is 31.4 Å². The van der Waals surface area contributed by atoms with Crippen LogP contribution in [-0.4, -0.2) is 27.3 Å². The van der Waals surface area contributed by atoms with E-state index in [0.29, 0.717) is 29.2 Å². The van der Waals surface area contributed by atoms with Crippen molar-refractivity contribution < 1.29 is 18.0 Å². The minimum atomic E-state index is -4.44. The third kappa shape index (κ3) is 5.74. The lowest BCUT2D eigenvalue weighted by Gasteiger charge is -2.32. The quantitative estimate of drug-likeness (QED) is 0.698. The van der Waals surface area contributed by atoms with Gasteiger partial charge in [0.1, 0.15) is 5.82 Å². The second kappa shape index (κ2) is 9.24. The van der Waals surface area contributed by atoms with Gasteiger partial charge in [-0.15, -0.1) is 0 Å². The van der Waals surface area contributed by atoms with Crippen molar-refractivity contribution in [3.8, 4) is 0 Å². The van der Waals surface area contributed by atoms with E-state index in [4.69, 9.17) is 0 Å². The van der Waals surface area contributed by atoms with Gasteiger partial charge in [0.2, 0.25) is 5.91 Å². The van der Waals surface area contributed by atoms with Crippen molar-refractivity contribution in [2.24, 2.45) is 11.8 Å². The number of hydrogen-bond acceptors (Lipinski definition) is 3. The molecular weight excluding hydrogens is 407 g/mol. The van der Waals surface area contributed by atoms with Crippen LogP contribution < -0.4 is 5.56 Å². The lowest BCUT2D eigenvalue weighted by Crippen LogP contribution is -2.41. The molecule has 8 heteroatoms. The van der Waals surface area contributed by atoms with E-state index in [-0.39, 0.29) is 36.3 Å². The number of benzene rings is 1. The van der Waals surface area contributed by atoms with Crippen molar-refractivity contribution in [3.63, 3.8) is 0 Å². The lowest BCUT2D eigenvalue weighted by molar-refractivity contribution is -0.139. The van der Waals surface area contributed by atoms with E-state index < -0.39 is 11.7 Å². The molecule has 0 radical (unpaired) electrons. The van der Waals surface area contributed by atoms with Gasteiger partial charge < -0.3 is 9.88 Å². The molecular formula is C23H28F3N3O2. The largest absolute Gasteiger partial charge is 0.416 e. The maximum absolute atomic E-state index is 13.0. The molecule has 1 fully saturated rings. The van der Waals surface area contributed by atoms with Crippen LogP contribution in [0.3, 0.4) is 0 Å². The number of aromatic amines is 1. The SMILES string of the molecule is Cc1nc(CN(CC(C)C)C(=O)C2CCC2)[nH]c(=O)c1Cc1cccc(C(F)(F)F)c1. The Morgan fingerprint density at radius 3 is 2.55 bits per heavy atom. The van der Waals surface area contributed by atoms with Crippen LogP contribution >= 0.6 is 0 Å². The molecule has 0 atom stereocenters. The minimum Gasteiger partial charge on any atom is -0.335 e. The van der Waals surface area contributed by atoms with Crippen LogP contribution in [0.25, 0.3) is 0 Å². The number of H-pyrrole nitrogens is 1. The predicted molar refractivity (Wildman–Crippen MR) is 111 cm³/mol. The summed E-state index contributed by atoms with van der Waals surface area (Å²) in [6.45, 7) is 6.51. The normalized spacial score (nSPS) is 14.5. The molecule has 1 amide bonds. The summed E-state index contributed by atoms with van der Waals surface area (Å²) in [6.07, 6.45) is -1.54. The fourth-order valence-corrected chi connectivity index (χ4v) is 3.78. The van der Waals surface area contributed by atoms with Gasteiger partial charge in [-0.3, -0.25) is 9.59 Å². The molecule has 1 aliphatic carbocycles. The standard InChI is InChI=1S/C23H28F3N3O2/c1-14(2)12-29(22(31)17-7-5-8-17)13-20-27-15(3)19(21(30)28-20)11-16-6-4-9-18(10-16)23(24,25)26/h4,6,9-10,14,17H,5,7-8,11-13H2,1-3H3,(H,27,28,30). The fraction of sp³-hybridized carbons (Fsp3) is 0.522. The summed E-state index contributed by atoms with van der Waals surface area (Å²) < 4.78 is 38.9. The first-order chi connectivity index (χ1) is 14.5. The van der Waals surface area contributed by atoms with E-state index in [1.165, 1.54) is 6.07 Å². The summed E-state index contributed by atoms with van der Waals surface area (Å²) >= 11 is 0. The number of aryl methyl sites for hydroxylation is 1. The highest BCUT2D eigenvalue weighted by atomic mass is 19.4. The van der Waals surface area contributed by atoms with Crippen LogP contribution in [0.2, 0.25) is 0 Å². The van der Waals surface area contributed by atoms with Crippen molar-refractivity contribution in [1.29, 1.82) is 0 Å². The fourth-order valence-electron chi connectivity index (χ4n) is 3.78. The van der Waals surface area contributed by atoms with Crippen molar-refractivity contribution >= 4 is 5.91 Å². The summed E-state index contributed by atoms with van der Waals surface area (Å²) in [5.74, 6) is 0.806. The number of rotatable bonds is 7. The highest BCUT2D eigenvalue weighted by Gasteiger charge is 2.31. The topological polar surface area (TPSA) is 66.1 Å². The molecule has 2 aromatic rings. The zero-order chi connectivity index (χ0) is 22.8. The van der Waals surface area contributed by atoms with Gasteiger partial charge in [0.25, 0.3) is 5.56 Å². The molecule has 0 unspecified atom stereocenters. The molecule has 0 spiro atoms. The molecule has 0 aliphatic heterocycles. The average molecular weight is 435 g/mol. The van der Waals surface area contributed by atoms with Gasteiger partial charge in [-0.05, 0) is 37.3 Å². The molecule has 1 aliphatic rings. The van der Waals surface area contributed by atoms with E-state index in [1.54, 1.807) is 17.9 Å². The first kappa shape index (κ1) is 23.0. The number of nitrogens with zero attached hydrogens (tertiary/aromatic N) is 2. The third-order valence-electron chi connectivity index (χ3n) is 5.60. The van der Waals surface area contributed by atoms with E-state index in [1.807, 2.05) is 13.8 Å². The van der Waals surface area contributed by atoms with Crippen molar-refractivity contribution in [2.75, 3.05) is 6.54 Å². The molecule has 1 N–H and O–H groups in total. The molecule has 168 valence electrons. The number of carbonyl (C=O) groups is 1. The van der Waals surface area contributed by atoms with Gasteiger partial charge in [0.15, 0.2) is 0 Å². The van der Waals surface area contributed by atoms with E-state index >= 15 is 0 Å². The Labute approximate surface area is 179 Å². The van der Waals surface area contributed by atoms with Crippen LogP contribution in [0.1, 0.15) is 61.3 Å². The Bertz CT molecular complexity index is 994. The zero-order valence-electron chi connectivity index (χ0n) is 18.1. The second-order valence-corrected chi connectivity index (χ2v) is 8.69. The Hall–Kier alpha value is -2.64. The number of halogens is 3. The minimum absolute atomic E-state index is 0.0479. The Balaban J connectivity index is 1.81. The van der Waals surface area contributed by atoms with Crippen LogP contribution in [0, 0.1) is 18.8 Å². The zero-order valence-corrected chi connectivity index (χ0v) is 18.1. The van der Waals surface area contributed by atoms with Crippen molar-refractivity contribution in [2.45, 2.75) is 59.2 Å². The number of nitrogens with one attached hydrogen (secondary N) is 1. The van der Waals surface area contributed by atoms with Gasteiger partial charge in [-0.2, -0.15) is 13.2 Å². The average Bonchev–Trinajstić information content (AvgIpc) is 2.62. The van der Waals surface area contributed by atoms with Crippen molar-refractivity contribution in [1.82, 2.24) is 14.9 Å². The van der Waals surface area contributed by atoms with Gasteiger partial charge in [-0.25, -0.2) is 4.98 Å². The van der Waals surface area contributed by atoms with Crippen LogP contribution in [0.4, 0.5) is 13.2 Å². The number of hydrogen-bond donors (Lipinski definition) is 1. The maximum atomic E-state index is 13.0. The summed E-state index contributed by atoms with van der Waals surface area (Å²) in [7, 11) is 0. The molecule has 0 saturated heterocycles. The van der Waals surface area contributed by atoms with Crippen LogP contribution in [0.15, 0.2) is 29.1 Å². The van der Waals surface area contributed by atoms with Gasteiger partial charge >= 0.3 is 6.18 Å². The molecule has 1 saturated carbocycles. The molecule has 1 heterocycles. The molecule has 5 nitrogen and oxygen atoms in total. The monoisotopic (exact) mass is 435 g/mol. The molecule has 1 aromatic carbocycles. The Morgan fingerprint density at radius 2 is 2.00 bits per heavy atom. The number of alkyl halides is 3. The smallest absolute Gasteiger partial charge is 0.335 e. The number of carbonyl (C=O) groups excluding carboxylic acids is 1. The highest BCUT2D eigenvalue weighted by molar-refractivity contribution is 5.79. The summed E-state index contributed by atoms with van der Waals surface area (Å²) in [5.41, 5.74) is 0.0307. The third-order valence-corrected chi connectivity index (χ3v) is 5.60. The summed E-state index contributed by atoms with van der Waals surface area (Å²) in [5, 5.41) is 0. The number of aromatic nitrogens is 2. The van der Waals surface area contributed by atoms with Crippen molar-refractivity contribution in [3.05, 3.63) is 62.8 Å². The highest BCUT2D eigenvalue weighted by Crippen LogP contribution is 2.30. The van der Waals surface area contributed by atoms with Gasteiger partial charge in [-0.1, -0.05) is 38.5 Å². The van der Waals surface area contributed by atoms with Gasteiger partial charge in [0.05, 0.1) is 12.1 Å². The van der Waals surface area contributed by atoms with Crippen LogP contribution in [-0.2, 0) is 23.9 Å². The molecule has 31 heavy (non-hydrogen) atoms. The van der Waals surface area contributed by atoms with E-state index in [2.05, 4.69) is 9.97 Å². The Morgan fingerprint density at radius 1 is 1.29 bits per heavy atom. The lowest BCUT2D eigenvalue weighted by atomic mass is 9.84. The van der Waals surface area contributed by atoms with Crippen LogP contribution in [0.5, 0.6) is 0 Å². The maximum Gasteiger partial charge on any atom is 0.416 e. The van der Waals surface area contributed by atoms with Gasteiger partial charge in [0, 0.05) is 30.1 Å². The first-order valence-corrected chi connectivity index (χ1v) is 10.6.